The molecule has 2 aromatic rings. The third kappa shape index (κ3) is 4.03. The molecule has 2 aromatic heterocycles. The molecule has 0 bridgehead atoms. The lowest BCUT2D eigenvalue weighted by Crippen LogP contribution is -2.49. The minimum atomic E-state index is -3.75. The van der Waals surface area contributed by atoms with Gasteiger partial charge in [-0.15, -0.1) is 11.3 Å². The fraction of sp³-hybridized carbons (Fsp3) is 0.375. The number of carbonyl (C=O) groups is 1. The molecule has 6 nitrogen and oxygen atoms in total. The molecule has 1 aliphatic rings. The Morgan fingerprint density at radius 1 is 1.32 bits per heavy atom. The van der Waals surface area contributed by atoms with Crippen molar-refractivity contribution in [1.82, 2.24) is 9.29 Å². The van der Waals surface area contributed by atoms with Crippen molar-refractivity contribution in [3.63, 3.8) is 0 Å². The van der Waals surface area contributed by atoms with Crippen LogP contribution in [0.1, 0.15) is 25.0 Å². The number of pyridine rings is 1. The van der Waals surface area contributed by atoms with Gasteiger partial charge in [0.2, 0.25) is 5.91 Å². The van der Waals surface area contributed by atoms with E-state index in [0.29, 0.717) is 23.1 Å². The molecule has 0 saturated carbocycles. The zero-order chi connectivity index (χ0) is 18.0. The number of aryl methyl sites for hydroxylation is 1. The van der Waals surface area contributed by atoms with Crippen LogP contribution in [0.15, 0.2) is 34.5 Å². The third-order valence-electron chi connectivity index (χ3n) is 4.01. The third-order valence-corrected chi connectivity index (χ3v) is 7.61. The van der Waals surface area contributed by atoms with Crippen LogP contribution >= 0.6 is 22.9 Å². The summed E-state index contributed by atoms with van der Waals surface area (Å²) in [6.07, 6.45) is 2.01. The van der Waals surface area contributed by atoms with Crippen molar-refractivity contribution >= 4 is 44.7 Å². The molecule has 1 N–H and O–H groups in total. The Balaban J connectivity index is 1.84. The van der Waals surface area contributed by atoms with Gasteiger partial charge in [-0.05, 0) is 44.0 Å². The van der Waals surface area contributed by atoms with Crippen molar-refractivity contribution in [3.8, 4) is 0 Å². The summed E-state index contributed by atoms with van der Waals surface area (Å²) in [6, 6.07) is 7.59. The zero-order valence-electron chi connectivity index (χ0n) is 13.6. The number of rotatable bonds is 4. The first-order chi connectivity index (χ1) is 11.9. The number of halogens is 1. The van der Waals surface area contributed by atoms with Crippen LogP contribution in [0.25, 0.3) is 0 Å². The number of nitrogens with zero attached hydrogens (tertiary/aromatic N) is 2. The Morgan fingerprint density at radius 3 is 2.80 bits per heavy atom. The van der Waals surface area contributed by atoms with Gasteiger partial charge in [-0.2, -0.15) is 4.31 Å². The number of hydrogen-bond donors (Lipinski definition) is 1. The molecule has 3 rings (SSSR count). The van der Waals surface area contributed by atoms with Crippen molar-refractivity contribution in [2.45, 2.75) is 36.4 Å². The van der Waals surface area contributed by atoms with E-state index in [2.05, 4.69) is 10.3 Å². The predicted molar refractivity (Wildman–Crippen MR) is 98.5 cm³/mol. The molecule has 1 unspecified atom stereocenters. The number of sulfonamides is 1. The number of amides is 1. The van der Waals surface area contributed by atoms with Crippen LogP contribution < -0.4 is 5.32 Å². The summed E-state index contributed by atoms with van der Waals surface area (Å²) < 4.78 is 27.7. The van der Waals surface area contributed by atoms with Gasteiger partial charge in [0.15, 0.2) is 0 Å². The van der Waals surface area contributed by atoms with Crippen LogP contribution in [0.5, 0.6) is 0 Å². The fourth-order valence-corrected chi connectivity index (χ4v) is 6.10. The second-order valence-electron chi connectivity index (χ2n) is 5.84. The number of nitrogens with one attached hydrogen (secondary N) is 1. The van der Waals surface area contributed by atoms with Crippen molar-refractivity contribution in [1.29, 1.82) is 0 Å². The van der Waals surface area contributed by atoms with Crippen LogP contribution in [0.3, 0.4) is 0 Å². The maximum atomic E-state index is 12.9. The molecule has 134 valence electrons. The lowest BCUT2D eigenvalue weighted by Gasteiger charge is -2.33. The molecule has 25 heavy (non-hydrogen) atoms. The summed E-state index contributed by atoms with van der Waals surface area (Å²) in [5.41, 5.74) is 0.777. The minimum absolute atomic E-state index is 0.158. The average Bonchev–Trinajstić information content (AvgIpc) is 3.02. The summed E-state index contributed by atoms with van der Waals surface area (Å²) in [6.45, 7) is 2.14. The molecule has 1 saturated heterocycles. The summed E-state index contributed by atoms with van der Waals surface area (Å²) in [4.78, 5) is 16.9. The van der Waals surface area contributed by atoms with E-state index in [1.165, 1.54) is 10.4 Å². The molecule has 9 heteroatoms. The summed E-state index contributed by atoms with van der Waals surface area (Å²) in [7, 11) is -3.75. The van der Waals surface area contributed by atoms with E-state index in [4.69, 9.17) is 11.6 Å². The number of aromatic nitrogens is 1. The molecule has 1 atom stereocenters. The second-order valence-corrected chi connectivity index (χ2v) is 9.67. The molecule has 1 fully saturated rings. The van der Waals surface area contributed by atoms with Gasteiger partial charge in [0, 0.05) is 12.2 Å². The van der Waals surface area contributed by atoms with Crippen molar-refractivity contribution in [3.05, 3.63) is 40.4 Å². The van der Waals surface area contributed by atoms with Crippen LogP contribution in [-0.2, 0) is 14.8 Å². The van der Waals surface area contributed by atoms with Crippen molar-refractivity contribution in [2.24, 2.45) is 0 Å². The Morgan fingerprint density at radius 2 is 2.12 bits per heavy atom. The minimum Gasteiger partial charge on any atom is -0.309 e. The number of thiophene rings is 1. The largest absolute Gasteiger partial charge is 0.309 e. The predicted octanol–water partition coefficient (Wildman–Crippen LogP) is 3.29. The van der Waals surface area contributed by atoms with Gasteiger partial charge in [0.1, 0.15) is 16.1 Å². The number of piperidine rings is 1. The van der Waals surface area contributed by atoms with Crippen LogP contribution in [-0.4, -0.2) is 36.2 Å². The van der Waals surface area contributed by atoms with Gasteiger partial charge >= 0.3 is 0 Å². The molecule has 1 amide bonds. The summed E-state index contributed by atoms with van der Waals surface area (Å²) in [5.74, 6) is 0.0658. The first-order valence-corrected chi connectivity index (χ1v) is 10.5. The standard InChI is InChI=1S/C16H18ClN3O3S2/c1-11-5-4-7-14(18-11)19-16(21)12-6-2-3-10-20(12)25(22,23)15-9-8-13(17)24-15/h4-5,7-9,12H,2-3,6,10H2,1H3,(H,18,19,21). The Kier molecular flexibility index (Phi) is 5.43. The summed E-state index contributed by atoms with van der Waals surface area (Å²) >= 11 is 6.87. The van der Waals surface area contributed by atoms with Crippen LogP contribution in [0.4, 0.5) is 5.82 Å². The van der Waals surface area contributed by atoms with E-state index in [9.17, 15) is 13.2 Å². The first kappa shape index (κ1) is 18.3. The molecule has 1 aliphatic heterocycles. The van der Waals surface area contributed by atoms with Gasteiger partial charge in [-0.25, -0.2) is 13.4 Å². The lowest BCUT2D eigenvalue weighted by molar-refractivity contribution is -0.120. The molecule has 0 aliphatic carbocycles. The van der Waals surface area contributed by atoms with Gasteiger partial charge in [-0.1, -0.05) is 24.1 Å². The Labute approximate surface area is 155 Å². The molecule has 3 heterocycles. The van der Waals surface area contributed by atoms with Gasteiger partial charge in [0.05, 0.1) is 4.34 Å². The highest BCUT2D eigenvalue weighted by Gasteiger charge is 2.38. The summed E-state index contributed by atoms with van der Waals surface area (Å²) in [5, 5.41) is 2.73. The highest BCUT2D eigenvalue weighted by Crippen LogP contribution is 2.32. The second kappa shape index (κ2) is 7.41. The lowest BCUT2D eigenvalue weighted by atomic mass is 10.0. The first-order valence-electron chi connectivity index (χ1n) is 7.89. The zero-order valence-corrected chi connectivity index (χ0v) is 16.0. The van der Waals surface area contributed by atoms with E-state index in [1.807, 2.05) is 13.0 Å². The highest BCUT2D eigenvalue weighted by atomic mass is 35.5. The molecular weight excluding hydrogens is 382 g/mol. The smallest absolute Gasteiger partial charge is 0.253 e. The molecular formula is C16H18ClN3O3S2. The highest BCUT2D eigenvalue weighted by molar-refractivity contribution is 7.91. The van der Waals surface area contributed by atoms with E-state index < -0.39 is 16.1 Å². The van der Waals surface area contributed by atoms with E-state index in [0.717, 1.165) is 29.9 Å². The monoisotopic (exact) mass is 399 g/mol. The van der Waals surface area contributed by atoms with E-state index in [1.54, 1.807) is 18.2 Å². The van der Waals surface area contributed by atoms with Crippen molar-refractivity contribution < 1.29 is 13.2 Å². The number of carbonyl (C=O) groups excluding carboxylic acids is 1. The quantitative estimate of drug-likeness (QED) is 0.855. The Bertz CT molecular complexity index is 882. The van der Waals surface area contributed by atoms with Gasteiger partial charge in [-0.3, -0.25) is 4.79 Å². The molecule has 0 aromatic carbocycles. The fourth-order valence-electron chi connectivity index (χ4n) is 2.83. The molecule has 0 radical (unpaired) electrons. The van der Waals surface area contributed by atoms with Gasteiger partial charge < -0.3 is 5.32 Å². The van der Waals surface area contributed by atoms with Gasteiger partial charge in [0.25, 0.3) is 10.0 Å². The SMILES string of the molecule is Cc1cccc(NC(=O)C2CCCCN2S(=O)(=O)c2ccc(Cl)s2)n1. The van der Waals surface area contributed by atoms with Crippen molar-refractivity contribution in [2.75, 3.05) is 11.9 Å². The van der Waals surface area contributed by atoms with E-state index in [-0.39, 0.29) is 10.1 Å². The average molecular weight is 400 g/mol. The van der Waals surface area contributed by atoms with E-state index >= 15 is 0 Å². The van der Waals surface area contributed by atoms with Crippen LogP contribution in [0.2, 0.25) is 4.34 Å². The Hall–Kier alpha value is -1.48. The topological polar surface area (TPSA) is 79.4 Å². The van der Waals surface area contributed by atoms with Crippen LogP contribution in [0, 0.1) is 6.92 Å². The normalized spacial score (nSPS) is 18.9. The number of hydrogen-bond acceptors (Lipinski definition) is 5. The molecule has 0 spiro atoms. The maximum absolute atomic E-state index is 12.9. The number of anilines is 1. The maximum Gasteiger partial charge on any atom is 0.253 e.